The van der Waals surface area contributed by atoms with E-state index in [-0.39, 0.29) is 18.4 Å². The number of nitrogens with one attached hydrogen (secondary N) is 3. The Labute approximate surface area is 186 Å². The van der Waals surface area contributed by atoms with Crippen LogP contribution in [0.25, 0.3) is 22.3 Å². The van der Waals surface area contributed by atoms with Crippen LogP contribution < -0.4 is 5.32 Å². The number of hydrogen-bond acceptors (Lipinski definition) is 3. The highest BCUT2D eigenvalue weighted by Gasteiger charge is 2.22. The molecule has 4 rings (SSSR count). The number of nitrogens with zero attached hydrogens (tertiary/aromatic N) is 2. The Bertz CT molecular complexity index is 1160. The van der Waals surface area contributed by atoms with Gasteiger partial charge in [0.05, 0.1) is 29.2 Å². The molecular formula is C24H26ClN5O. The minimum atomic E-state index is -0.189. The predicted octanol–water partition coefficient (Wildman–Crippen LogP) is 5.36. The SMILES string of the molecule is Cc1[nH]nc(-c2ccc(Cl)cc2)c1CC(=O)NC(CC(C)C)c1nc2ccccc2[nH]1. The van der Waals surface area contributed by atoms with E-state index >= 15 is 0 Å². The third-order valence-electron chi connectivity index (χ3n) is 5.31. The first-order chi connectivity index (χ1) is 14.9. The third kappa shape index (κ3) is 4.80. The number of aromatic nitrogens is 4. The highest BCUT2D eigenvalue weighted by molar-refractivity contribution is 6.30. The van der Waals surface area contributed by atoms with Gasteiger partial charge in [-0.2, -0.15) is 5.10 Å². The Hall–Kier alpha value is -3.12. The zero-order valence-corrected chi connectivity index (χ0v) is 18.6. The summed E-state index contributed by atoms with van der Waals surface area (Å²) in [7, 11) is 0. The maximum atomic E-state index is 13.1. The molecule has 0 radical (unpaired) electrons. The number of benzene rings is 2. The first-order valence-electron chi connectivity index (χ1n) is 10.4. The van der Waals surface area contributed by atoms with Crippen molar-refractivity contribution in [3.05, 3.63) is 70.6 Å². The second-order valence-corrected chi connectivity index (χ2v) is 8.68. The van der Waals surface area contributed by atoms with Crippen LogP contribution in [-0.2, 0) is 11.2 Å². The smallest absolute Gasteiger partial charge is 0.225 e. The van der Waals surface area contributed by atoms with Crippen LogP contribution >= 0.6 is 11.6 Å². The zero-order valence-electron chi connectivity index (χ0n) is 17.9. The Morgan fingerprint density at radius 1 is 1.13 bits per heavy atom. The predicted molar refractivity (Wildman–Crippen MR) is 124 cm³/mol. The number of fused-ring (bicyclic) bond motifs is 1. The Morgan fingerprint density at radius 3 is 2.58 bits per heavy atom. The quantitative estimate of drug-likeness (QED) is 0.365. The van der Waals surface area contributed by atoms with Crippen molar-refractivity contribution in [2.24, 2.45) is 5.92 Å². The number of imidazole rings is 1. The summed E-state index contributed by atoms with van der Waals surface area (Å²) in [6.45, 7) is 6.21. The number of amides is 1. The maximum Gasteiger partial charge on any atom is 0.225 e. The Kier molecular flexibility index (Phi) is 6.09. The molecule has 0 aliphatic heterocycles. The molecule has 2 aromatic heterocycles. The van der Waals surface area contributed by atoms with Gasteiger partial charge in [-0.05, 0) is 43.5 Å². The number of halogens is 1. The average Bonchev–Trinajstić information content (AvgIpc) is 3.32. The molecule has 3 N–H and O–H groups in total. The van der Waals surface area contributed by atoms with Gasteiger partial charge in [-0.25, -0.2) is 4.98 Å². The summed E-state index contributed by atoms with van der Waals surface area (Å²) in [6, 6.07) is 15.2. The van der Waals surface area contributed by atoms with Crippen molar-refractivity contribution >= 4 is 28.5 Å². The Morgan fingerprint density at radius 2 is 1.87 bits per heavy atom. The monoisotopic (exact) mass is 435 g/mol. The number of aryl methyl sites for hydroxylation is 1. The number of aromatic amines is 2. The van der Waals surface area contributed by atoms with Crippen LogP contribution in [-0.4, -0.2) is 26.1 Å². The fourth-order valence-corrected chi connectivity index (χ4v) is 3.89. The third-order valence-corrected chi connectivity index (χ3v) is 5.56. The highest BCUT2D eigenvalue weighted by atomic mass is 35.5. The van der Waals surface area contributed by atoms with Gasteiger partial charge in [-0.15, -0.1) is 0 Å². The van der Waals surface area contributed by atoms with Crippen LogP contribution in [0.4, 0.5) is 0 Å². The number of H-pyrrole nitrogens is 2. The van der Waals surface area contributed by atoms with Crippen LogP contribution in [0.1, 0.15) is 43.4 Å². The second kappa shape index (κ2) is 8.94. The largest absolute Gasteiger partial charge is 0.346 e. The molecular weight excluding hydrogens is 410 g/mol. The number of para-hydroxylation sites is 2. The van der Waals surface area contributed by atoms with Gasteiger partial charge in [-0.3, -0.25) is 9.89 Å². The van der Waals surface area contributed by atoms with Crippen molar-refractivity contribution in [1.29, 1.82) is 0 Å². The van der Waals surface area contributed by atoms with E-state index in [0.717, 1.165) is 45.8 Å². The first-order valence-corrected chi connectivity index (χ1v) is 10.8. The summed E-state index contributed by atoms with van der Waals surface area (Å²) < 4.78 is 0. The van der Waals surface area contributed by atoms with E-state index < -0.39 is 0 Å². The molecule has 2 aromatic carbocycles. The fourth-order valence-electron chi connectivity index (χ4n) is 3.77. The maximum absolute atomic E-state index is 13.1. The van der Waals surface area contributed by atoms with Crippen molar-refractivity contribution in [1.82, 2.24) is 25.5 Å². The van der Waals surface area contributed by atoms with Crippen LogP contribution in [0.3, 0.4) is 0 Å². The van der Waals surface area contributed by atoms with Gasteiger partial charge in [0.1, 0.15) is 5.82 Å². The summed E-state index contributed by atoms with van der Waals surface area (Å²) in [6.07, 6.45) is 1.02. The van der Waals surface area contributed by atoms with Gasteiger partial charge in [0, 0.05) is 21.8 Å². The molecule has 0 fully saturated rings. The molecule has 7 heteroatoms. The molecule has 31 heavy (non-hydrogen) atoms. The first kappa shape index (κ1) is 21.1. The normalized spacial score (nSPS) is 12.4. The van der Waals surface area contributed by atoms with Gasteiger partial charge < -0.3 is 10.3 Å². The van der Waals surface area contributed by atoms with E-state index in [9.17, 15) is 4.79 Å². The van der Waals surface area contributed by atoms with E-state index in [0.29, 0.717) is 10.9 Å². The van der Waals surface area contributed by atoms with Crippen molar-refractivity contribution < 1.29 is 4.79 Å². The van der Waals surface area contributed by atoms with Crippen molar-refractivity contribution in [2.45, 2.75) is 39.7 Å². The van der Waals surface area contributed by atoms with Crippen LogP contribution in [0.5, 0.6) is 0 Å². The number of carbonyl (C=O) groups excluding carboxylic acids is 1. The molecule has 1 unspecified atom stereocenters. The Balaban J connectivity index is 1.56. The van der Waals surface area contributed by atoms with Crippen molar-refractivity contribution in [2.75, 3.05) is 0 Å². The van der Waals surface area contributed by atoms with Crippen molar-refractivity contribution in [3.8, 4) is 11.3 Å². The van der Waals surface area contributed by atoms with E-state index in [1.54, 1.807) is 0 Å². The molecule has 160 valence electrons. The molecule has 0 spiro atoms. The van der Waals surface area contributed by atoms with Crippen molar-refractivity contribution in [3.63, 3.8) is 0 Å². The number of carbonyl (C=O) groups is 1. The lowest BCUT2D eigenvalue weighted by Gasteiger charge is -2.19. The fraction of sp³-hybridized carbons (Fsp3) is 0.292. The summed E-state index contributed by atoms with van der Waals surface area (Å²) in [5, 5.41) is 11.3. The number of rotatable bonds is 7. The van der Waals surface area contributed by atoms with Gasteiger partial charge in [-0.1, -0.05) is 49.7 Å². The molecule has 0 aliphatic rings. The molecule has 0 saturated heterocycles. The lowest BCUT2D eigenvalue weighted by Crippen LogP contribution is -2.31. The molecule has 2 heterocycles. The lowest BCUT2D eigenvalue weighted by molar-refractivity contribution is -0.121. The van der Waals surface area contributed by atoms with Crippen LogP contribution in [0.2, 0.25) is 5.02 Å². The minimum Gasteiger partial charge on any atom is -0.346 e. The van der Waals surface area contributed by atoms with Gasteiger partial charge in [0.15, 0.2) is 0 Å². The second-order valence-electron chi connectivity index (χ2n) is 8.25. The minimum absolute atomic E-state index is 0.0641. The van der Waals surface area contributed by atoms with E-state index in [1.807, 2.05) is 55.5 Å². The molecule has 4 aromatic rings. The molecule has 1 amide bonds. The number of hydrogen-bond donors (Lipinski definition) is 3. The standard InChI is InChI=1S/C24H26ClN5O/c1-14(2)12-21(24-27-19-6-4-5-7-20(19)28-24)26-22(31)13-18-15(3)29-30-23(18)16-8-10-17(25)11-9-16/h4-11,14,21H,12-13H2,1-3H3,(H,26,31)(H,27,28)(H,29,30). The van der Waals surface area contributed by atoms with Gasteiger partial charge in [0.2, 0.25) is 5.91 Å². The molecule has 6 nitrogen and oxygen atoms in total. The molecule has 0 saturated carbocycles. The molecule has 0 aliphatic carbocycles. The lowest BCUT2D eigenvalue weighted by atomic mass is 10.0. The highest BCUT2D eigenvalue weighted by Crippen LogP contribution is 2.26. The summed E-state index contributed by atoms with van der Waals surface area (Å²) in [5.74, 6) is 1.12. The van der Waals surface area contributed by atoms with Crippen LogP contribution in [0.15, 0.2) is 48.5 Å². The molecule has 1 atom stereocenters. The zero-order chi connectivity index (χ0) is 22.0. The van der Waals surface area contributed by atoms with E-state index in [1.165, 1.54) is 0 Å². The van der Waals surface area contributed by atoms with Crippen LogP contribution in [0, 0.1) is 12.8 Å². The summed E-state index contributed by atoms with van der Waals surface area (Å²) in [5.41, 5.74) is 5.32. The van der Waals surface area contributed by atoms with Gasteiger partial charge >= 0.3 is 0 Å². The van der Waals surface area contributed by atoms with E-state index in [2.05, 4.69) is 34.3 Å². The van der Waals surface area contributed by atoms with Gasteiger partial charge in [0.25, 0.3) is 0 Å². The summed E-state index contributed by atoms with van der Waals surface area (Å²) >= 11 is 6.01. The average molecular weight is 436 g/mol. The molecule has 0 bridgehead atoms. The topological polar surface area (TPSA) is 86.5 Å². The summed E-state index contributed by atoms with van der Waals surface area (Å²) in [4.78, 5) is 21.1. The van der Waals surface area contributed by atoms with E-state index in [4.69, 9.17) is 16.6 Å².